The largest absolute Gasteiger partial charge is 0.479 e. The summed E-state index contributed by atoms with van der Waals surface area (Å²) in [7, 11) is 0. The summed E-state index contributed by atoms with van der Waals surface area (Å²) in [5, 5.41) is 11.6. The van der Waals surface area contributed by atoms with E-state index in [0.717, 1.165) is 5.56 Å². The van der Waals surface area contributed by atoms with Crippen molar-refractivity contribution in [2.24, 2.45) is 0 Å². The van der Waals surface area contributed by atoms with Gasteiger partial charge in [-0.3, -0.25) is 4.79 Å². The van der Waals surface area contributed by atoms with Crippen molar-refractivity contribution >= 4 is 11.6 Å². The van der Waals surface area contributed by atoms with Crippen LogP contribution >= 0.6 is 0 Å². The van der Waals surface area contributed by atoms with Gasteiger partial charge in [-0.25, -0.2) is 0 Å². The highest BCUT2D eigenvalue weighted by Crippen LogP contribution is 2.30. The van der Waals surface area contributed by atoms with Crippen LogP contribution in [0.25, 0.3) is 0 Å². The smallest absolute Gasteiger partial charge is 0.265 e. The zero-order valence-electron chi connectivity index (χ0n) is 8.49. The molecule has 1 aromatic rings. The molecule has 0 aliphatic carbocycles. The van der Waals surface area contributed by atoms with Crippen molar-refractivity contribution in [1.82, 2.24) is 0 Å². The Hall–Kier alpha value is -1.55. The molecule has 4 heteroatoms. The van der Waals surface area contributed by atoms with Crippen LogP contribution in [0.4, 0.5) is 5.69 Å². The van der Waals surface area contributed by atoms with E-state index in [1.165, 1.54) is 0 Å². The summed E-state index contributed by atoms with van der Waals surface area (Å²) in [5.74, 6) is 0.547. The monoisotopic (exact) mass is 207 g/mol. The van der Waals surface area contributed by atoms with Gasteiger partial charge in [0.1, 0.15) is 5.75 Å². The highest BCUT2D eigenvalue weighted by atomic mass is 16.5. The lowest BCUT2D eigenvalue weighted by molar-refractivity contribution is -0.122. The molecule has 1 heterocycles. The molecule has 4 nitrogen and oxygen atoms in total. The second-order valence-corrected chi connectivity index (χ2v) is 3.55. The van der Waals surface area contributed by atoms with Crippen molar-refractivity contribution in [3.8, 4) is 5.75 Å². The van der Waals surface area contributed by atoms with Gasteiger partial charge in [-0.1, -0.05) is 6.07 Å². The number of hydrogen-bond donors (Lipinski definition) is 2. The Labute approximate surface area is 87.9 Å². The van der Waals surface area contributed by atoms with Gasteiger partial charge in [-0.05, 0) is 31.0 Å². The van der Waals surface area contributed by atoms with Crippen molar-refractivity contribution in [1.29, 1.82) is 0 Å². The molecule has 1 aromatic carbocycles. The Morgan fingerprint density at radius 2 is 2.33 bits per heavy atom. The molecule has 2 N–H and O–H groups in total. The third kappa shape index (κ3) is 1.94. The van der Waals surface area contributed by atoms with Crippen LogP contribution in [0.15, 0.2) is 18.2 Å². The van der Waals surface area contributed by atoms with Gasteiger partial charge in [0.25, 0.3) is 5.91 Å². The van der Waals surface area contributed by atoms with E-state index in [9.17, 15) is 4.79 Å². The molecule has 0 radical (unpaired) electrons. The van der Waals surface area contributed by atoms with Gasteiger partial charge >= 0.3 is 0 Å². The first kappa shape index (κ1) is 9.98. The molecule has 2 rings (SSSR count). The molecule has 1 amide bonds. The van der Waals surface area contributed by atoms with Gasteiger partial charge in [0.15, 0.2) is 6.10 Å². The van der Waals surface area contributed by atoms with E-state index >= 15 is 0 Å². The Bertz CT molecular complexity index is 389. The lowest BCUT2D eigenvalue weighted by atomic mass is 10.1. The molecule has 1 aliphatic heterocycles. The molecular formula is C11H13NO3. The fraction of sp³-hybridized carbons (Fsp3) is 0.364. The second kappa shape index (κ2) is 3.90. The van der Waals surface area contributed by atoms with Crippen molar-refractivity contribution in [3.63, 3.8) is 0 Å². The number of amides is 1. The second-order valence-electron chi connectivity index (χ2n) is 3.55. The minimum absolute atomic E-state index is 0.112. The van der Waals surface area contributed by atoms with Crippen LogP contribution in [-0.2, 0) is 11.2 Å². The van der Waals surface area contributed by atoms with Gasteiger partial charge in [0.2, 0.25) is 0 Å². The molecule has 1 atom stereocenters. The number of fused-ring (bicyclic) bond motifs is 1. The first-order valence-electron chi connectivity index (χ1n) is 4.92. The minimum atomic E-state index is -0.457. The molecule has 15 heavy (non-hydrogen) atoms. The van der Waals surface area contributed by atoms with E-state index in [0.29, 0.717) is 17.9 Å². The zero-order chi connectivity index (χ0) is 10.8. The molecule has 1 unspecified atom stereocenters. The summed E-state index contributed by atoms with van der Waals surface area (Å²) in [6, 6.07) is 5.51. The average Bonchev–Trinajstić information content (AvgIpc) is 2.21. The quantitative estimate of drug-likeness (QED) is 0.758. The van der Waals surface area contributed by atoms with Gasteiger partial charge in [0, 0.05) is 6.61 Å². The van der Waals surface area contributed by atoms with E-state index in [-0.39, 0.29) is 12.5 Å². The highest BCUT2D eigenvalue weighted by molar-refractivity contribution is 5.97. The van der Waals surface area contributed by atoms with E-state index in [2.05, 4.69) is 5.32 Å². The van der Waals surface area contributed by atoms with Gasteiger partial charge in [0.05, 0.1) is 5.69 Å². The summed E-state index contributed by atoms with van der Waals surface area (Å²) >= 11 is 0. The SMILES string of the molecule is CC1Oc2cc(CCO)ccc2NC1=O. The van der Waals surface area contributed by atoms with Crippen LogP contribution in [0.1, 0.15) is 12.5 Å². The number of rotatable bonds is 2. The van der Waals surface area contributed by atoms with Crippen molar-refractivity contribution in [3.05, 3.63) is 23.8 Å². The normalized spacial score (nSPS) is 19.1. The van der Waals surface area contributed by atoms with Crippen LogP contribution in [-0.4, -0.2) is 23.7 Å². The first-order valence-corrected chi connectivity index (χ1v) is 4.92. The maximum Gasteiger partial charge on any atom is 0.265 e. The number of hydrogen-bond acceptors (Lipinski definition) is 3. The number of benzene rings is 1. The predicted octanol–water partition coefficient (Wildman–Crippen LogP) is 0.941. The Kier molecular flexibility index (Phi) is 2.60. The molecule has 0 bridgehead atoms. The maximum atomic E-state index is 11.3. The maximum absolute atomic E-state index is 11.3. The lowest BCUT2D eigenvalue weighted by Gasteiger charge is -2.23. The fourth-order valence-electron chi connectivity index (χ4n) is 1.53. The standard InChI is InChI=1S/C11H13NO3/c1-7-11(14)12-9-3-2-8(4-5-13)6-10(9)15-7/h2-3,6-7,13H,4-5H2,1H3,(H,12,14). The third-order valence-electron chi connectivity index (χ3n) is 2.38. The van der Waals surface area contributed by atoms with E-state index in [4.69, 9.17) is 9.84 Å². The van der Waals surface area contributed by atoms with Gasteiger partial charge in [-0.15, -0.1) is 0 Å². The van der Waals surface area contributed by atoms with Gasteiger partial charge in [-0.2, -0.15) is 0 Å². The van der Waals surface area contributed by atoms with Crippen molar-refractivity contribution < 1.29 is 14.6 Å². The predicted molar refractivity (Wildman–Crippen MR) is 56.0 cm³/mol. The van der Waals surface area contributed by atoms with Crippen LogP contribution in [0.2, 0.25) is 0 Å². The van der Waals surface area contributed by atoms with E-state index in [1.807, 2.05) is 12.1 Å². The number of carbonyl (C=O) groups is 1. The highest BCUT2D eigenvalue weighted by Gasteiger charge is 2.23. The lowest BCUT2D eigenvalue weighted by Crippen LogP contribution is -2.34. The number of aliphatic hydroxyl groups is 1. The van der Waals surface area contributed by atoms with E-state index in [1.54, 1.807) is 13.0 Å². The summed E-state index contributed by atoms with van der Waals surface area (Å²) in [5.41, 5.74) is 1.69. The van der Waals surface area contributed by atoms with Crippen molar-refractivity contribution in [2.75, 3.05) is 11.9 Å². The minimum Gasteiger partial charge on any atom is -0.479 e. The fourth-order valence-corrected chi connectivity index (χ4v) is 1.53. The molecule has 0 fully saturated rings. The van der Waals surface area contributed by atoms with Crippen LogP contribution in [0.3, 0.4) is 0 Å². The summed E-state index contributed by atoms with van der Waals surface area (Å²) in [6.45, 7) is 1.82. The van der Waals surface area contributed by atoms with Crippen LogP contribution in [0.5, 0.6) is 5.75 Å². The zero-order valence-corrected chi connectivity index (χ0v) is 8.49. The topological polar surface area (TPSA) is 58.6 Å². The van der Waals surface area contributed by atoms with Gasteiger partial charge < -0.3 is 15.2 Å². The summed E-state index contributed by atoms with van der Waals surface area (Å²) in [4.78, 5) is 11.3. The molecule has 80 valence electrons. The average molecular weight is 207 g/mol. The summed E-state index contributed by atoms with van der Waals surface area (Å²) in [6.07, 6.45) is 0.140. The number of nitrogens with one attached hydrogen (secondary N) is 1. The number of carbonyl (C=O) groups excluding carboxylic acids is 1. The first-order chi connectivity index (χ1) is 7.20. The number of ether oxygens (including phenoxy) is 1. The molecule has 0 aromatic heterocycles. The molecule has 0 saturated heterocycles. The number of anilines is 1. The van der Waals surface area contributed by atoms with E-state index < -0.39 is 6.10 Å². The van der Waals surface area contributed by atoms with Crippen LogP contribution < -0.4 is 10.1 Å². The molecular weight excluding hydrogens is 194 g/mol. The molecule has 0 spiro atoms. The molecule has 1 aliphatic rings. The number of aliphatic hydroxyl groups excluding tert-OH is 1. The van der Waals surface area contributed by atoms with Crippen molar-refractivity contribution in [2.45, 2.75) is 19.4 Å². The Morgan fingerprint density at radius 3 is 3.07 bits per heavy atom. The Morgan fingerprint density at radius 1 is 1.53 bits per heavy atom. The third-order valence-corrected chi connectivity index (χ3v) is 2.38. The molecule has 0 saturated carbocycles. The Balaban J connectivity index is 2.29. The summed E-state index contributed by atoms with van der Waals surface area (Å²) < 4.78 is 5.44. The van der Waals surface area contributed by atoms with Crippen LogP contribution in [0, 0.1) is 0 Å².